The molecular formula is C28H32N2O3S. The van der Waals surface area contributed by atoms with Crippen molar-refractivity contribution in [1.29, 1.82) is 0 Å². The Morgan fingerprint density at radius 1 is 1.09 bits per heavy atom. The Morgan fingerprint density at radius 2 is 1.85 bits per heavy atom. The summed E-state index contributed by atoms with van der Waals surface area (Å²) < 4.78 is 5.49. The maximum Gasteiger partial charge on any atom is 0.254 e. The van der Waals surface area contributed by atoms with Crippen molar-refractivity contribution >= 4 is 23.2 Å². The third kappa shape index (κ3) is 5.40. The van der Waals surface area contributed by atoms with Crippen molar-refractivity contribution in [3.05, 3.63) is 93.2 Å². The summed E-state index contributed by atoms with van der Waals surface area (Å²) in [5, 5.41) is 2.11. The summed E-state index contributed by atoms with van der Waals surface area (Å²) in [7, 11) is 0. The SMILES string of the molecule is CCOCCCN(CC(=O)N1CCc2sccc2C1c1ccccc1)C(=O)c1ccccc1C. The Bertz CT molecular complexity index is 1110. The molecule has 1 atom stereocenters. The van der Waals surface area contributed by atoms with Gasteiger partial charge in [0.2, 0.25) is 5.91 Å². The number of thiophene rings is 1. The van der Waals surface area contributed by atoms with Crippen molar-refractivity contribution in [3.63, 3.8) is 0 Å². The van der Waals surface area contributed by atoms with Gasteiger partial charge in [-0.2, -0.15) is 0 Å². The molecule has 2 amide bonds. The van der Waals surface area contributed by atoms with Crippen LogP contribution in [0.3, 0.4) is 0 Å². The number of carbonyl (C=O) groups is 2. The fourth-order valence-electron chi connectivity index (χ4n) is 4.57. The Hall–Kier alpha value is -2.96. The Labute approximate surface area is 206 Å². The van der Waals surface area contributed by atoms with Gasteiger partial charge in [-0.3, -0.25) is 9.59 Å². The van der Waals surface area contributed by atoms with E-state index in [4.69, 9.17) is 4.74 Å². The Kier molecular flexibility index (Phi) is 8.14. The van der Waals surface area contributed by atoms with Crippen LogP contribution in [-0.4, -0.2) is 54.5 Å². The summed E-state index contributed by atoms with van der Waals surface area (Å²) in [4.78, 5) is 32.2. The molecule has 1 aliphatic heterocycles. The van der Waals surface area contributed by atoms with Gasteiger partial charge in [0.1, 0.15) is 6.54 Å². The lowest BCUT2D eigenvalue weighted by atomic mass is 9.93. The van der Waals surface area contributed by atoms with Crippen molar-refractivity contribution < 1.29 is 14.3 Å². The van der Waals surface area contributed by atoms with Gasteiger partial charge in [-0.15, -0.1) is 11.3 Å². The van der Waals surface area contributed by atoms with E-state index in [1.165, 1.54) is 10.4 Å². The van der Waals surface area contributed by atoms with Gasteiger partial charge in [0.25, 0.3) is 5.91 Å². The highest BCUT2D eigenvalue weighted by atomic mass is 32.1. The van der Waals surface area contributed by atoms with Gasteiger partial charge in [-0.05, 0) is 60.9 Å². The highest BCUT2D eigenvalue weighted by Crippen LogP contribution is 2.37. The van der Waals surface area contributed by atoms with Crippen molar-refractivity contribution in [1.82, 2.24) is 9.80 Å². The normalized spacial score (nSPS) is 15.1. The molecule has 4 rings (SSSR count). The smallest absolute Gasteiger partial charge is 0.254 e. The first-order chi connectivity index (χ1) is 16.6. The van der Waals surface area contributed by atoms with E-state index in [0.717, 1.165) is 17.5 Å². The first-order valence-electron chi connectivity index (χ1n) is 11.9. The molecule has 1 unspecified atom stereocenters. The van der Waals surface area contributed by atoms with Gasteiger partial charge in [-0.25, -0.2) is 0 Å². The van der Waals surface area contributed by atoms with Gasteiger partial charge in [0.15, 0.2) is 0 Å². The van der Waals surface area contributed by atoms with Crippen LogP contribution in [0.15, 0.2) is 66.0 Å². The third-order valence-corrected chi connectivity index (χ3v) is 7.31. The van der Waals surface area contributed by atoms with E-state index in [9.17, 15) is 9.59 Å². The second-order valence-corrected chi connectivity index (χ2v) is 9.54. The van der Waals surface area contributed by atoms with Crippen LogP contribution in [0, 0.1) is 6.92 Å². The molecule has 5 nitrogen and oxygen atoms in total. The van der Waals surface area contributed by atoms with Gasteiger partial charge < -0.3 is 14.5 Å². The first kappa shape index (κ1) is 24.2. The largest absolute Gasteiger partial charge is 0.382 e. The minimum Gasteiger partial charge on any atom is -0.382 e. The fourth-order valence-corrected chi connectivity index (χ4v) is 5.48. The molecular weight excluding hydrogens is 444 g/mol. The lowest BCUT2D eigenvalue weighted by Crippen LogP contribution is -2.47. The highest BCUT2D eigenvalue weighted by Gasteiger charge is 2.34. The summed E-state index contributed by atoms with van der Waals surface area (Å²) in [6.45, 7) is 6.28. The molecule has 1 aromatic heterocycles. The molecule has 0 saturated carbocycles. The third-order valence-electron chi connectivity index (χ3n) is 6.31. The number of fused-ring (bicyclic) bond motifs is 1. The number of benzene rings is 2. The molecule has 1 aliphatic rings. The molecule has 0 radical (unpaired) electrons. The minimum absolute atomic E-state index is 0.0240. The molecule has 34 heavy (non-hydrogen) atoms. The second kappa shape index (κ2) is 11.4. The lowest BCUT2D eigenvalue weighted by Gasteiger charge is -2.37. The van der Waals surface area contributed by atoms with Gasteiger partial charge >= 0.3 is 0 Å². The van der Waals surface area contributed by atoms with Crippen LogP contribution >= 0.6 is 11.3 Å². The Morgan fingerprint density at radius 3 is 2.62 bits per heavy atom. The number of nitrogens with zero attached hydrogens (tertiary/aromatic N) is 2. The maximum absolute atomic E-state index is 13.7. The summed E-state index contributed by atoms with van der Waals surface area (Å²) in [6.07, 6.45) is 1.54. The van der Waals surface area contributed by atoms with Crippen LogP contribution < -0.4 is 0 Å². The standard InChI is InChI=1S/C28H32N2O3S/c1-3-33-18-9-16-29(28(32)23-13-8-7-10-21(23)2)20-26(31)30-17-14-25-24(15-19-34-25)27(30)22-11-5-4-6-12-22/h4-8,10-13,15,19,27H,3,9,14,16-18,20H2,1-2H3. The average molecular weight is 477 g/mol. The maximum atomic E-state index is 13.7. The highest BCUT2D eigenvalue weighted by molar-refractivity contribution is 7.10. The van der Waals surface area contributed by atoms with E-state index >= 15 is 0 Å². The van der Waals surface area contributed by atoms with Crippen LogP contribution in [0.5, 0.6) is 0 Å². The number of carbonyl (C=O) groups excluding carboxylic acids is 2. The molecule has 6 heteroatoms. The summed E-state index contributed by atoms with van der Waals surface area (Å²) in [5.74, 6) is -0.128. The van der Waals surface area contributed by atoms with Crippen molar-refractivity contribution in [2.45, 2.75) is 32.7 Å². The molecule has 0 saturated heterocycles. The molecule has 0 fully saturated rings. The van der Waals surface area contributed by atoms with Crippen LogP contribution in [0.25, 0.3) is 0 Å². The van der Waals surface area contributed by atoms with Crippen molar-refractivity contribution in [3.8, 4) is 0 Å². The summed E-state index contributed by atoms with van der Waals surface area (Å²) >= 11 is 1.75. The van der Waals surface area contributed by atoms with Crippen LogP contribution in [-0.2, 0) is 16.0 Å². The van der Waals surface area contributed by atoms with E-state index < -0.39 is 0 Å². The predicted molar refractivity (Wildman–Crippen MR) is 136 cm³/mol. The molecule has 0 bridgehead atoms. The average Bonchev–Trinajstić information content (AvgIpc) is 3.34. The number of hydrogen-bond acceptors (Lipinski definition) is 4. The molecule has 2 heterocycles. The predicted octanol–water partition coefficient (Wildman–Crippen LogP) is 5.10. The van der Waals surface area contributed by atoms with Crippen LogP contribution in [0.1, 0.15) is 51.3 Å². The number of hydrogen-bond donors (Lipinski definition) is 0. The van der Waals surface area contributed by atoms with Gasteiger partial charge in [0.05, 0.1) is 6.04 Å². The number of aryl methyl sites for hydroxylation is 1. The van der Waals surface area contributed by atoms with E-state index in [2.05, 4.69) is 23.6 Å². The lowest BCUT2D eigenvalue weighted by molar-refractivity contribution is -0.134. The van der Waals surface area contributed by atoms with E-state index in [1.54, 1.807) is 16.2 Å². The van der Waals surface area contributed by atoms with Crippen molar-refractivity contribution in [2.75, 3.05) is 32.8 Å². The molecule has 2 aromatic carbocycles. The minimum atomic E-state index is -0.123. The zero-order chi connectivity index (χ0) is 23.9. The van der Waals surface area contributed by atoms with E-state index in [1.807, 2.05) is 61.2 Å². The van der Waals surface area contributed by atoms with E-state index in [-0.39, 0.29) is 24.4 Å². The summed E-state index contributed by atoms with van der Waals surface area (Å²) in [6, 6.07) is 19.8. The van der Waals surface area contributed by atoms with Crippen LogP contribution in [0.4, 0.5) is 0 Å². The summed E-state index contributed by atoms with van der Waals surface area (Å²) in [5.41, 5.74) is 3.86. The zero-order valence-electron chi connectivity index (χ0n) is 19.9. The molecule has 0 N–H and O–H groups in total. The Balaban J connectivity index is 1.58. The quantitative estimate of drug-likeness (QED) is 0.404. The second-order valence-electron chi connectivity index (χ2n) is 8.54. The van der Waals surface area contributed by atoms with E-state index in [0.29, 0.717) is 38.3 Å². The molecule has 178 valence electrons. The number of rotatable bonds is 9. The zero-order valence-corrected chi connectivity index (χ0v) is 20.7. The van der Waals surface area contributed by atoms with Crippen molar-refractivity contribution in [2.24, 2.45) is 0 Å². The topological polar surface area (TPSA) is 49.9 Å². The van der Waals surface area contributed by atoms with Gasteiger partial charge in [0, 0.05) is 36.7 Å². The number of amides is 2. The molecule has 3 aromatic rings. The fraction of sp³-hybridized carbons (Fsp3) is 0.357. The van der Waals surface area contributed by atoms with Crippen LogP contribution in [0.2, 0.25) is 0 Å². The molecule has 0 aliphatic carbocycles. The first-order valence-corrected chi connectivity index (χ1v) is 12.8. The monoisotopic (exact) mass is 476 g/mol. The number of ether oxygens (including phenoxy) is 1. The van der Waals surface area contributed by atoms with Gasteiger partial charge in [-0.1, -0.05) is 48.5 Å². The molecule has 0 spiro atoms.